The molecule has 0 aliphatic rings. The van der Waals surface area contributed by atoms with E-state index in [0.29, 0.717) is 16.3 Å². The van der Waals surface area contributed by atoms with Gasteiger partial charge in [0.15, 0.2) is 0 Å². The maximum absolute atomic E-state index is 13.7. The number of hydrogen-bond donors (Lipinski definition) is 1. The smallest absolute Gasteiger partial charge is 0.334 e. The molecule has 0 saturated carbocycles. The van der Waals surface area contributed by atoms with Crippen LogP contribution in [0.3, 0.4) is 0 Å². The van der Waals surface area contributed by atoms with Crippen LogP contribution >= 0.6 is 11.6 Å². The summed E-state index contributed by atoms with van der Waals surface area (Å²) in [5.41, 5.74) is 2.22. The van der Waals surface area contributed by atoms with E-state index in [1.54, 1.807) is 23.1 Å². The fraction of sp³-hybridized carbons (Fsp3) is 0.310. The fourth-order valence-corrected chi connectivity index (χ4v) is 4.08. The number of amides is 2. The fourth-order valence-electron chi connectivity index (χ4n) is 3.91. The average molecular weight is 531 g/mol. The summed E-state index contributed by atoms with van der Waals surface area (Å²) in [6.45, 7) is 8.05. The van der Waals surface area contributed by atoms with Crippen LogP contribution in [0.25, 0.3) is 0 Å². The van der Waals surface area contributed by atoms with Crippen LogP contribution in [0.5, 0.6) is 0 Å². The Labute approximate surface area is 220 Å². The summed E-state index contributed by atoms with van der Waals surface area (Å²) in [7, 11) is 0. The molecule has 2 amide bonds. The minimum absolute atomic E-state index is 0.0361. The van der Waals surface area contributed by atoms with E-state index in [0.717, 1.165) is 23.3 Å². The average Bonchev–Trinajstić information content (AvgIpc) is 2.81. The first-order valence-electron chi connectivity index (χ1n) is 11.9. The Morgan fingerprint density at radius 3 is 2.16 bits per heavy atom. The van der Waals surface area contributed by atoms with Crippen LogP contribution in [0.1, 0.15) is 60.3 Å². The summed E-state index contributed by atoms with van der Waals surface area (Å²) in [6, 6.07) is 17.6. The van der Waals surface area contributed by atoms with Crippen molar-refractivity contribution in [2.45, 2.75) is 52.3 Å². The lowest BCUT2D eigenvalue weighted by Gasteiger charge is -2.25. The van der Waals surface area contributed by atoms with E-state index in [1.165, 1.54) is 19.1 Å². The van der Waals surface area contributed by atoms with E-state index in [9.17, 15) is 22.8 Å². The van der Waals surface area contributed by atoms with Crippen LogP contribution in [0.2, 0.25) is 5.02 Å². The molecule has 0 unspecified atom stereocenters. The second-order valence-electron chi connectivity index (χ2n) is 9.99. The maximum atomic E-state index is 13.7. The highest BCUT2D eigenvalue weighted by Crippen LogP contribution is 2.30. The van der Waals surface area contributed by atoms with Gasteiger partial charge in [-0.2, -0.15) is 13.2 Å². The summed E-state index contributed by atoms with van der Waals surface area (Å²) >= 11 is 6.17. The molecule has 196 valence electrons. The van der Waals surface area contributed by atoms with Gasteiger partial charge in [-0.3, -0.25) is 9.59 Å². The zero-order valence-electron chi connectivity index (χ0n) is 21.2. The Morgan fingerprint density at radius 2 is 1.57 bits per heavy atom. The predicted molar refractivity (Wildman–Crippen MR) is 141 cm³/mol. The molecule has 3 aromatic rings. The molecule has 0 spiro atoms. The normalized spacial score (nSPS) is 11.8. The molecule has 3 aromatic carbocycles. The van der Waals surface area contributed by atoms with Crippen LogP contribution in [0.4, 0.5) is 18.9 Å². The van der Waals surface area contributed by atoms with Gasteiger partial charge < -0.3 is 10.2 Å². The Morgan fingerprint density at radius 1 is 0.892 bits per heavy atom. The Hall–Kier alpha value is -3.32. The van der Waals surface area contributed by atoms with Gasteiger partial charge in [-0.25, -0.2) is 0 Å². The molecule has 4 nitrogen and oxygen atoms in total. The third-order valence-corrected chi connectivity index (χ3v) is 6.16. The lowest BCUT2D eigenvalue weighted by molar-refractivity contribution is -0.137. The topological polar surface area (TPSA) is 49.4 Å². The van der Waals surface area contributed by atoms with Crippen LogP contribution < -0.4 is 5.32 Å². The second-order valence-corrected chi connectivity index (χ2v) is 10.4. The van der Waals surface area contributed by atoms with Gasteiger partial charge >= 0.3 is 6.18 Å². The van der Waals surface area contributed by atoms with Crippen molar-refractivity contribution < 1.29 is 22.8 Å². The molecule has 0 aliphatic carbocycles. The molecule has 0 aromatic heterocycles. The highest BCUT2D eigenvalue weighted by Gasteiger charge is 2.30. The quantitative estimate of drug-likeness (QED) is 0.344. The highest BCUT2D eigenvalue weighted by molar-refractivity contribution is 6.31. The van der Waals surface area contributed by atoms with Gasteiger partial charge in [0.25, 0.3) is 5.91 Å². The number of anilines is 1. The van der Waals surface area contributed by atoms with E-state index >= 15 is 0 Å². The number of halogens is 4. The first kappa shape index (κ1) is 28.3. The van der Waals surface area contributed by atoms with Gasteiger partial charge in [0.2, 0.25) is 5.91 Å². The maximum Gasteiger partial charge on any atom is 0.416 e. The largest absolute Gasteiger partial charge is 0.416 e. The van der Waals surface area contributed by atoms with Crippen molar-refractivity contribution in [3.8, 4) is 0 Å². The van der Waals surface area contributed by atoms with E-state index in [-0.39, 0.29) is 36.4 Å². The lowest BCUT2D eigenvalue weighted by atomic mass is 9.87. The Bertz CT molecular complexity index is 1270. The van der Waals surface area contributed by atoms with E-state index in [1.807, 2.05) is 24.3 Å². The first-order chi connectivity index (χ1) is 17.2. The predicted octanol–water partition coefficient (Wildman–Crippen LogP) is 7.50. The minimum atomic E-state index is -4.45. The summed E-state index contributed by atoms with van der Waals surface area (Å²) < 4.78 is 39.6. The molecule has 3 rings (SSSR count). The number of carbonyl (C=O) groups excluding carboxylic acids is 2. The van der Waals surface area contributed by atoms with E-state index < -0.39 is 17.6 Å². The van der Waals surface area contributed by atoms with Crippen molar-refractivity contribution in [3.63, 3.8) is 0 Å². The molecule has 0 aliphatic heterocycles. The molecule has 0 bridgehead atoms. The molecule has 0 fully saturated rings. The monoisotopic (exact) mass is 530 g/mol. The third-order valence-electron chi connectivity index (χ3n) is 5.93. The molecular formula is C29H30ClF3N2O2. The van der Waals surface area contributed by atoms with Crippen LogP contribution in [-0.4, -0.2) is 23.3 Å². The summed E-state index contributed by atoms with van der Waals surface area (Å²) in [4.78, 5) is 27.0. The molecule has 0 heterocycles. The number of hydrogen-bond acceptors (Lipinski definition) is 2. The number of rotatable bonds is 7. The van der Waals surface area contributed by atoms with Gasteiger partial charge in [-0.05, 0) is 52.8 Å². The van der Waals surface area contributed by atoms with E-state index in [2.05, 4.69) is 26.1 Å². The van der Waals surface area contributed by atoms with E-state index in [4.69, 9.17) is 11.6 Å². The van der Waals surface area contributed by atoms with Crippen molar-refractivity contribution >= 4 is 29.1 Å². The molecule has 37 heavy (non-hydrogen) atoms. The summed E-state index contributed by atoms with van der Waals surface area (Å²) in [6.07, 6.45) is -4.24. The number of benzene rings is 3. The second kappa shape index (κ2) is 11.4. The van der Waals surface area contributed by atoms with Gasteiger partial charge in [-0.15, -0.1) is 0 Å². The van der Waals surface area contributed by atoms with Crippen molar-refractivity contribution in [1.29, 1.82) is 0 Å². The number of alkyl halides is 3. The van der Waals surface area contributed by atoms with Crippen LogP contribution in [-0.2, 0) is 29.4 Å². The van der Waals surface area contributed by atoms with Crippen molar-refractivity contribution in [2.24, 2.45) is 0 Å². The van der Waals surface area contributed by atoms with Gasteiger partial charge in [-0.1, -0.05) is 74.8 Å². The summed E-state index contributed by atoms with van der Waals surface area (Å²) in [5, 5.41) is 2.98. The molecule has 1 N–H and O–H groups in total. The standard InChI is InChI=1S/C29H30ClF3N2O2/c1-19(36)34-26-13-12-24(30)17-25(26)27(37)35(18-21-8-10-22(11-9-21)28(2,3)4)15-14-20-6-5-7-23(16-20)29(31,32)33/h5-13,16-17H,14-15,18H2,1-4H3,(H,34,36). The van der Waals surface area contributed by atoms with Crippen LogP contribution in [0, 0.1) is 0 Å². The van der Waals surface area contributed by atoms with Gasteiger partial charge in [0, 0.05) is 25.0 Å². The van der Waals surface area contributed by atoms with Gasteiger partial charge in [0.05, 0.1) is 16.8 Å². The Kier molecular flexibility index (Phi) is 8.69. The molecule has 0 saturated heterocycles. The SMILES string of the molecule is CC(=O)Nc1ccc(Cl)cc1C(=O)N(CCc1cccc(C(F)(F)F)c1)Cc1ccc(C(C)(C)C)cc1. The molecule has 0 atom stereocenters. The number of nitrogens with one attached hydrogen (secondary N) is 1. The van der Waals surface area contributed by atoms with Crippen molar-refractivity contribution in [2.75, 3.05) is 11.9 Å². The van der Waals surface area contributed by atoms with Crippen molar-refractivity contribution in [1.82, 2.24) is 4.90 Å². The number of carbonyl (C=O) groups is 2. The van der Waals surface area contributed by atoms with Gasteiger partial charge in [0.1, 0.15) is 0 Å². The highest BCUT2D eigenvalue weighted by atomic mass is 35.5. The minimum Gasteiger partial charge on any atom is -0.334 e. The Balaban J connectivity index is 1.93. The zero-order chi connectivity index (χ0) is 27.4. The lowest BCUT2D eigenvalue weighted by Crippen LogP contribution is -2.33. The van der Waals surface area contributed by atoms with Crippen molar-refractivity contribution in [3.05, 3.63) is 99.6 Å². The first-order valence-corrected chi connectivity index (χ1v) is 12.2. The molecule has 0 radical (unpaired) electrons. The van der Waals surface area contributed by atoms with Crippen LogP contribution in [0.15, 0.2) is 66.7 Å². The zero-order valence-corrected chi connectivity index (χ0v) is 22.0. The molecule has 8 heteroatoms. The molecular weight excluding hydrogens is 501 g/mol. The third kappa shape index (κ3) is 7.83. The number of nitrogens with zero attached hydrogens (tertiary/aromatic N) is 1. The summed E-state index contributed by atoms with van der Waals surface area (Å²) in [5.74, 6) is -0.734.